The number of rotatable bonds is 12. The van der Waals surface area contributed by atoms with Crippen LogP contribution in [-0.2, 0) is 26.2 Å². The van der Waals surface area contributed by atoms with E-state index in [1.807, 2.05) is 20.8 Å². The predicted octanol–water partition coefficient (Wildman–Crippen LogP) is 5.84. The third-order valence-electron chi connectivity index (χ3n) is 6.75. The van der Waals surface area contributed by atoms with Crippen LogP contribution in [0.25, 0.3) is 0 Å². The van der Waals surface area contributed by atoms with Crippen molar-refractivity contribution in [3.05, 3.63) is 87.9 Å². The summed E-state index contributed by atoms with van der Waals surface area (Å²) in [6, 6.07) is 16.7. The van der Waals surface area contributed by atoms with Crippen molar-refractivity contribution in [2.75, 3.05) is 18.0 Å². The molecule has 0 aliphatic heterocycles. The lowest BCUT2D eigenvalue weighted by atomic mass is 10.1. The molecule has 11 heteroatoms. The quantitative estimate of drug-likeness (QED) is 0.275. The van der Waals surface area contributed by atoms with E-state index in [9.17, 15) is 18.0 Å². The van der Waals surface area contributed by atoms with Gasteiger partial charge in [-0.25, -0.2) is 8.42 Å². The molecule has 2 amide bonds. The van der Waals surface area contributed by atoms with Crippen molar-refractivity contribution >= 4 is 50.7 Å². The number of anilines is 1. The van der Waals surface area contributed by atoms with E-state index >= 15 is 0 Å². The van der Waals surface area contributed by atoms with Crippen LogP contribution in [0.1, 0.15) is 38.3 Å². The number of aryl methyl sites for hydroxylation is 1. The third-order valence-corrected chi connectivity index (χ3v) is 9.07. The molecule has 0 unspecified atom stereocenters. The Labute approximate surface area is 252 Å². The van der Waals surface area contributed by atoms with E-state index in [4.69, 9.17) is 27.9 Å². The lowest BCUT2D eigenvalue weighted by molar-refractivity contribution is -0.139. The van der Waals surface area contributed by atoms with Crippen LogP contribution in [-0.4, -0.2) is 50.9 Å². The summed E-state index contributed by atoms with van der Waals surface area (Å²) < 4.78 is 34.1. The van der Waals surface area contributed by atoms with Crippen molar-refractivity contribution in [3.63, 3.8) is 0 Å². The van der Waals surface area contributed by atoms with E-state index in [1.165, 1.54) is 35.2 Å². The van der Waals surface area contributed by atoms with Crippen LogP contribution in [0.2, 0.25) is 10.0 Å². The monoisotopic (exact) mass is 619 g/mol. The minimum atomic E-state index is -4.26. The van der Waals surface area contributed by atoms with Gasteiger partial charge < -0.3 is 15.0 Å². The summed E-state index contributed by atoms with van der Waals surface area (Å²) in [5.41, 5.74) is 1.66. The Morgan fingerprint density at radius 2 is 1.61 bits per heavy atom. The van der Waals surface area contributed by atoms with Crippen molar-refractivity contribution in [1.29, 1.82) is 0 Å². The van der Waals surface area contributed by atoms with E-state index in [1.54, 1.807) is 50.4 Å². The lowest BCUT2D eigenvalue weighted by Crippen LogP contribution is -2.52. The normalized spacial score (nSPS) is 12.8. The van der Waals surface area contributed by atoms with E-state index < -0.39 is 28.5 Å². The summed E-state index contributed by atoms with van der Waals surface area (Å²) in [7, 11) is -2.71. The molecule has 3 aromatic rings. The Balaban J connectivity index is 2.06. The zero-order valence-corrected chi connectivity index (χ0v) is 26.1. The Morgan fingerprint density at radius 1 is 0.976 bits per heavy atom. The highest BCUT2D eigenvalue weighted by Crippen LogP contribution is 2.33. The molecule has 220 valence electrons. The maximum absolute atomic E-state index is 14.0. The molecule has 0 aliphatic carbocycles. The molecule has 0 aliphatic rings. The molecule has 0 saturated heterocycles. The molecule has 0 radical (unpaired) electrons. The third kappa shape index (κ3) is 8.15. The number of carbonyl (C=O) groups excluding carboxylic acids is 2. The van der Waals surface area contributed by atoms with Gasteiger partial charge in [0.25, 0.3) is 10.0 Å². The number of nitrogens with zero attached hydrogens (tertiary/aromatic N) is 2. The van der Waals surface area contributed by atoms with E-state index in [0.29, 0.717) is 12.2 Å². The number of ether oxygens (including phenoxy) is 1. The zero-order valence-electron chi connectivity index (χ0n) is 23.7. The Kier molecular flexibility index (Phi) is 11.1. The molecule has 3 rings (SSSR count). The first-order valence-electron chi connectivity index (χ1n) is 13.1. The van der Waals surface area contributed by atoms with Crippen LogP contribution in [0.5, 0.6) is 5.75 Å². The van der Waals surface area contributed by atoms with E-state index in [2.05, 4.69) is 5.32 Å². The van der Waals surface area contributed by atoms with Crippen molar-refractivity contribution in [3.8, 4) is 5.75 Å². The highest BCUT2D eigenvalue weighted by molar-refractivity contribution is 7.92. The van der Waals surface area contributed by atoms with Gasteiger partial charge in [-0.1, -0.05) is 60.0 Å². The van der Waals surface area contributed by atoms with Crippen molar-refractivity contribution in [2.45, 2.75) is 57.6 Å². The molecule has 8 nitrogen and oxygen atoms in total. The van der Waals surface area contributed by atoms with Gasteiger partial charge in [0.2, 0.25) is 11.8 Å². The predicted molar refractivity (Wildman–Crippen MR) is 163 cm³/mol. The second kappa shape index (κ2) is 14.1. The molecule has 0 spiro atoms. The van der Waals surface area contributed by atoms with E-state index in [0.717, 1.165) is 15.4 Å². The number of hydrogen-bond donors (Lipinski definition) is 1. The highest BCUT2D eigenvalue weighted by Gasteiger charge is 2.33. The number of halogens is 2. The summed E-state index contributed by atoms with van der Waals surface area (Å²) in [5.74, 6) is -0.311. The summed E-state index contributed by atoms with van der Waals surface area (Å²) in [4.78, 5) is 28.5. The number of methoxy groups -OCH3 is 1. The number of nitrogens with one attached hydrogen (secondary N) is 1. The van der Waals surface area contributed by atoms with Gasteiger partial charge >= 0.3 is 0 Å². The van der Waals surface area contributed by atoms with E-state index in [-0.39, 0.29) is 39.1 Å². The van der Waals surface area contributed by atoms with Gasteiger partial charge in [-0.2, -0.15) is 0 Å². The second-order valence-corrected chi connectivity index (χ2v) is 12.5. The first-order valence-corrected chi connectivity index (χ1v) is 15.3. The number of amides is 2. The Hall–Kier alpha value is -3.27. The molecule has 2 atom stereocenters. The molecule has 0 bridgehead atoms. The van der Waals surface area contributed by atoms with Gasteiger partial charge in [0.1, 0.15) is 18.3 Å². The fourth-order valence-corrected chi connectivity index (χ4v) is 5.86. The maximum Gasteiger partial charge on any atom is 0.264 e. The Bertz CT molecular complexity index is 1460. The number of sulfonamides is 1. The first-order chi connectivity index (χ1) is 19.4. The van der Waals surface area contributed by atoms with Crippen molar-refractivity contribution < 1.29 is 22.7 Å². The second-order valence-electron chi connectivity index (χ2n) is 9.78. The van der Waals surface area contributed by atoms with Gasteiger partial charge in [-0.3, -0.25) is 13.9 Å². The van der Waals surface area contributed by atoms with Gasteiger partial charge in [0, 0.05) is 17.6 Å². The number of hydrogen-bond acceptors (Lipinski definition) is 5. The molecule has 0 fully saturated rings. The van der Waals surface area contributed by atoms with Gasteiger partial charge in [0.15, 0.2) is 0 Å². The molecule has 0 saturated carbocycles. The summed E-state index contributed by atoms with van der Waals surface area (Å²) in [5, 5.41) is 3.26. The number of benzene rings is 3. The van der Waals surface area contributed by atoms with Crippen LogP contribution >= 0.6 is 23.2 Å². The zero-order chi connectivity index (χ0) is 30.3. The van der Waals surface area contributed by atoms with Crippen LogP contribution < -0.4 is 14.4 Å². The van der Waals surface area contributed by atoms with Crippen LogP contribution in [0.15, 0.2) is 71.6 Å². The smallest absolute Gasteiger partial charge is 0.264 e. The average molecular weight is 621 g/mol. The molecular weight excluding hydrogens is 585 g/mol. The summed E-state index contributed by atoms with van der Waals surface area (Å²) >= 11 is 12.7. The average Bonchev–Trinajstić information content (AvgIpc) is 2.95. The highest BCUT2D eigenvalue weighted by atomic mass is 35.5. The minimum Gasteiger partial charge on any atom is -0.497 e. The van der Waals surface area contributed by atoms with Gasteiger partial charge in [-0.05, 0) is 75.2 Å². The lowest BCUT2D eigenvalue weighted by Gasteiger charge is -2.32. The fourth-order valence-electron chi connectivity index (χ4n) is 4.00. The van der Waals surface area contributed by atoms with Gasteiger partial charge in [-0.15, -0.1) is 0 Å². The topological polar surface area (TPSA) is 96.0 Å². The van der Waals surface area contributed by atoms with Crippen LogP contribution in [0.3, 0.4) is 0 Å². The largest absolute Gasteiger partial charge is 0.497 e. The minimum absolute atomic E-state index is 0.0174. The molecule has 0 aromatic heterocycles. The molecule has 1 N–H and O–H groups in total. The van der Waals surface area contributed by atoms with Crippen LogP contribution in [0.4, 0.5) is 5.69 Å². The van der Waals surface area contributed by atoms with Crippen LogP contribution in [0, 0.1) is 6.92 Å². The molecular formula is C30H35Cl2N3O5S. The summed E-state index contributed by atoms with van der Waals surface area (Å²) in [6.45, 7) is 6.71. The van der Waals surface area contributed by atoms with Gasteiger partial charge in [0.05, 0.1) is 22.7 Å². The summed E-state index contributed by atoms with van der Waals surface area (Å²) in [6.07, 6.45) is 0.709. The fraction of sp³-hybridized carbons (Fsp3) is 0.333. The maximum atomic E-state index is 14.0. The van der Waals surface area contributed by atoms with Crippen molar-refractivity contribution in [2.24, 2.45) is 0 Å². The Morgan fingerprint density at radius 3 is 2.20 bits per heavy atom. The number of carbonyl (C=O) groups is 2. The molecule has 0 heterocycles. The SMILES string of the molecule is CC[C@H](C)NC(=O)[C@@H](C)N(Cc1ccc(OC)cc1)C(=O)CN(c1cc(Cl)ccc1Cl)S(=O)(=O)c1ccc(C)cc1. The van der Waals surface area contributed by atoms with Crippen molar-refractivity contribution in [1.82, 2.24) is 10.2 Å². The standard InChI is InChI=1S/C30H35Cl2N3O5S/c1-6-21(3)33-30(37)22(4)34(18-23-9-12-25(40-5)13-10-23)29(36)19-35(28-17-24(31)11-16-27(28)32)41(38,39)26-14-7-20(2)8-15-26/h7-17,21-22H,6,18-19H2,1-5H3,(H,33,37)/t21-,22+/m0/s1. The molecule has 41 heavy (non-hydrogen) atoms. The molecule has 3 aromatic carbocycles. The first kappa shape index (κ1) is 32.2.